The lowest BCUT2D eigenvalue weighted by Gasteiger charge is -2.09. The van der Waals surface area contributed by atoms with Crippen LogP contribution in [0.15, 0.2) is 22.0 Å². The summed E-state index contributed by atoms with van der Waals surface area (Å²) in [5.41, 5.74) is 0. The molecule has 0 radical (unpaired) electrons. The maximum absolute atomic E-state index is 11.7. The minimum atomic E-state index is -0.126. The molecule has 2 rings (SSSR count). The van der Waals surface area contributed by atoms with Crippen LogP contribution in [0.2, 0.25) is 0 Å². The second-order valence-electron chi connectivity index (χ2n) is 4.23. The molecule has 0 bridgehead atoms. The number of amides is 1. The number of thiophene rings is 1. The Kier molecular flexibility index (Phi) is 5.60. The lowest BCUT2D eigenvalue weighted by atomic mass is 10.4. The van der Waals surface area contributed by atoms with E-state index in [0.717, 1.165) is 11.3 Å². The lowest BCUT2D eigenvalue weighted by Crippen LogP contribution is -2.31. The summed E-state index contributed by atoms with van der Waals surface area (Å²) in [5.74, 6) is 1.75. The highest BCUT2D eigenvalue weighted by molar-refractivity contribution is 7.99. The molecule has 20 heavy (non-hydrogen) atoms. The number of hydrogen-bond acceptors (Lipinski definition) is 6. The number of rotatable bonds is 7. The van der Waals surface area contributed by atoms with Crippen molar-refractivity contribution in [3.8, 4) is 10.7 Å². The van der Waals surface area contributed by atoms with E-state index >= 15 is 0 Å². The highest BCUT2D eigenvalue weighted by atomic mass is 32.2. The number of aromatic nitrogens is 2. The van der Waals surface area contributed by atoms with Crippen LogP contribution in [-0.2, 0) is 10.5 Å². The second kappa shape index (κ2) is 7.44. The minimum absolute atomic E-state index is 0.0508. The molecule has 1 amide bonds. The Labute approximate surface area is 126 Å². The first-order valence-corrected chi connectivity index (χ1v) is 8.39. The van der Waals surface area contributed by atoms with Crippen molar-refractivity contribution in [1.29, 1.82) is 0 Å². The van der Waals surface area contributed by atoms with E-state index in [0.29, 0.717) is 24.0 Å². The Morgan fingerprint density at radius 3 is 3.15 bits per heavy atom. The van der Waals surface area contributed by atoms with Crippen LogP contribution in [0.5, 0.6) is 0 Å². The van der Waals surface area contributed by atoms with Gasteiger partial charge in [-0.2, -0.15) is 4.98 Å². The monoisotopic (exact) mass is 311 g/mol. The van der Waals surface area contributed by atoms with Gasteiger partial charge in [0, 0.05) is 6.54 Å². The van der Waals surface area contributed by atoms with Crippen LogP contribution in [-0.4, -0.2) is 27.8 Å². The van der Waals surface area contributed by atoms with Gasteiger partial charge in [-0.3, -0.25) is 4.79 Å². The van der Waals surface area contributed by atoms with E-state index in [-0.39, 0.29) is 11.2 Å². The third-order valence-corrected chi connectivity index (χ3v) is 4.58. The first kappa shape index (κ1) is 15.1. The maximum atomic E-state index is 11.7. The maximum Gasteiger partial charge on any atom is 0.237 e. The first-order chi connectivity index (χ1) is 9.70. The standard InChI is InChI=1S/C13H17N3O2S2/c1-3-6-14-13(17)9(2)20-8-11-15-12(16-18-11)10-5-4-7-19-10/h4-5,7,9H,3,6,8H2,1-2H3,(H,14,17). The summed E-state index contributed by atoms with van der Waals surface area (Å²) in [7, 11) is 0. The van der Waals surface area contributed by atoms with Crippen LogP contribution < -0.4 is 5.32 Å². The molecule has 5 nitrogen and oxygen atoms in total. The molecule has 0 fully saturated rings. The van der Waals surface area contributed by atoms with Crippen molar-refractivity contribution in [3.05, 3.63) is 23.4 Å². The van der Waals surface area contributed by atoms with Crippen LogP contribution in [0.3, 0.4) is 0 Å². The molecular weight excluding hydrogens is 294 g/mol. The highest BCUT2D eigenvalue weighted by Gasteiger charge is 2.15. The number of nitrogens with one attached hydrogen (secondary N) is 1. The first-order valence-electron chi connectivity index (χ1n) is 6.46. The van der Waals surface area contributed by atoms with E-state index < -0.39 is 0 Å². The van der Waals surface area contributed by atoms with Crippen LogP contribution in [0.4, 0.5) is 0 Å². The van der Waals surface area contributed by atoms with Crippen molar-refractivity contribution >= 4 is 29.0 Å². The zero-order valence-corrected chi connectivity index (χ0v) is 13.1. The van der Waals surface area contributed by atoms with E-state index in [1.54, 1.807) is 11.3 Å². The van der Waals surface area contributed by atoms with Gasteiger partial charge in [-0.25, -0.2) is 0 Å². The summed E-state index contributed by atoms with van der Waals surface area (Å²) in [5, 5.41) is 8.66. The van der Waals surface area contributed by atoms with Gasteiger partial charge in [0.05, 0.1) is 15.9 Å². The molecule has 2 aromatic rings. The van der Waals surface area contributed by atoms with Gasteiger partial charge in [-0.1, -0.05) is 18.1 Å². The molecule has 108 valence electrons. The molecule has 1 atom stereocenters. The Morgan fingerprint density at radius 2 is 2.45 bits per heavy atom. The van der Waals surface area contributed by atoms with Crippen molar-refractivity contribution in [2.75, 3.05) is 6.54 Å². The summed E-state index contributed by atoms with van der Waals surface area (Å²) in [6.45, 7) is 4.63. The average Bonchev–Trinajstić information content (AvgIpc) is 3.12. The highest BCUT2D eigenvalue weighted by Crippen LogP contribution is 2.23. The molecule has 2 heterocycles. The second-order valence-corrected chi connectivity index (χ2v) is 6.51. The largest absolute Gasteiger partial charge is 0.355 e. The predicted molar refractivity (Wildman–Crippen MR) is 81.7 cm³/mol. The van der Waals surface area contributed by atoms with Gasteiger partial charge in [-0.15, -0.1) is 23.1 Å². The fourth-order valence-electron chi connectivity index (χ4n) is 1.48. The quantitative estimate of drug-likeness (QED) is 0.851. The summed E-state index contributed by atoms with van der Waals surface area (Å²) >= 11 is 3.07. The molecule has 0 aliphatic carbocycles. The van der Waals surface area contributed by atoms with Gasteiger partial charge in [0.1, 0.15) is 0 Å². The van der Waals surface area contributed by atoms with Crippen LogP contribution in [0.1, 0.15) is 26.2 Å². The van der Waals surface area contributed by atoms with Gasteiger partial charge >= 0.3 is 0 Å². The van der Waals surface area contributed by atoms with Crippen molar-refractivity contribution in [1.82, 2.24) is 15.5 Å². The van der Waals surface area contributed by atoms with Gasteiger partial charge in [0.2, 0.25) is 17.6 Å². The van der Waals surface area contributed by atoms with E-state index in [1.807, 2.05) is 31.4 Å². The van der Waals surface area contributed by atoms with Crippen molar-refractivity contribution in [2.45, 2.75) is 31.3 Å². The number of carbonyl (C=O) groups is 1. The summed E-state index contributed by atoms with van der Waals surface area (Å²) in [6.07, 6.45) is 0.941. The molecule has 0 saturated carbocycles. The number of thioether (sulfide) groups is 1. The molecule has 2 aromatic heterocycles. The molecule has 1 N–H and O–H groups in total. The van der Waals surface area contributed by atoms with Crippen molar-refractivity contribution < 1.29 is 9.32 Å². The van der Waals surface area contributed by atoms with Crippen LogP contribution >= 0.6 is 23.1 Å². The molecule has 1 unspecified atom stereocenters. The Bertz CT molecular complexity index is 540. The topological polar surface area (TPSA) is 68.0 Å². The fraction of sp³-hybridized carbons (Fsp3) is 0.462. The van der Waals surface area contributed by atoms with Gasteiger partial charge in [-0.05, 0) is 24.8 Å². The molecule has 0 saturated heterocycles. The smallest absolute Gasteiger partial charge is 0.237 e. The van der Waals surface area contributed by atoms with Gasteiger partial charge in [0.15, 0.2) is 0 Å². The average molecular weight is 311 g/mol. The number of nitrogens with zero attached hydrogens (tertiary/aromatic N) is 2. The van der Waals surface area contributed by atoms with Crippen LogP contribution in [0, 0.1) is 0 Å². The summed E-state index contributed by atoms with van der Waals surface area (Å²) in [6, 6.07) is 3.90. The lowest BCUT2D eigenvalue weighted by molar-refractivity contribution is -0.120. The molecular formula is C13H17N3O2S2. The normalized spacial score (nSPS) is 12.3. The van der Waals surface area contributed by atoms with E-state index in [9.17, 15) is 4.79 Å². The fourth-order valence-corrected chi connectivity index (χ4v) is 2.88. The van der Waals surface area contributed by atoms with Crippen molar-refractivity contribution in [3.63, 3.8) is 0 Å². The van der Waals surface area contributed by atoms with Crippen molar-refractivity contribution in [2.24, 2.45) is 0 Å². The SMILES string of the molecule is CCCNC(=O)C(C)SCc1nc(-c2cccs2)no1. The Morgan fingerprint density at radius 1 is 1.60 bits per heavy atom. The van der Waals surface area contributed by atoms with E-state index in [2.05, 4.69) is 15.5 Å². The number of hydrogen-bond donors (Lipinski definition) is 1. The van der Waals surface area contributed by atoms with Gasteiger partial charge in [0.25, 0.3) is 0 Å². The molecule has 0 aromatic carbocycles. The summed E-state index contributed by atoms with van der Waals surface area (Å²) in [4.78, 5) is 17.0. The van der Waals surface area contributed by atoms with Gasteiger partial charge < -0.3 is 9.84 Å². The van der Waals surface area contributed by atoms with E-state index in [4.69, 9.17) is 4.52 Å². The third-order valence-electron chi connectivity index (χ3n) is 2.58. The summed E-state index contributed by atoms with van der Waals surface area (Å²) < 4.78 is 5.19. The Balaban J connectivity index is 1.84. The minimum Gasteiger partial charge on any atom is -0.355 e. The predicted octanol–water partition coefficient (Wildman–Crippen LogP) is 2.95. The molecule has 0 aliphatic rings. The molecule has 0 aliphatic heterocycles. The van der Waals surface area contributed by atoms with Crippen LogP contribution in [0.25, 0.3) is 10.7 Å². The van der Waals surface area contributed by atoms with E-state index in [1.165, 1.54) is 11.8 Å². The zero-order valence-electron chi connectivity index (χ0n) is 11.5. The number of carbonyl (C=O) groups excluding carboxylic acids is 1. The molecule has 0 spiro atoms. The zero-order chi connectivity index (χ0) is 14.4. The Hall–Kier alpha value is -1.34. The molecule has 7 heteroatoms. The third kappa shape index (κ3) is 4.08.